The highest BCUT2D eigenvalue weighted by Crippen LogP contribution is 2.32. The summed E-state index contributed by atoms with van der Waals surface area (Å²) in [5.41, 5.74) is 2.35. The Kier molecular flexibility index (Phi) is 5.65. The lowest BCUT2D eigenvalue weighted by Crippen LogP contribution is -2.53. The molecule has 6 heteroatoms. The summed E-state index contributed by atoms with van der Waals surface area (Å²) in [6, 6.07) is 15.0. The Morgan fingerprint density at radius 1 is 1.11 bits per heavy atom. The van der Waals surface area contributed by atoms with Crippen LogP contribution in [0.25, 0.3) is 0 Å². The minimum atomic E-state index is -0.193. The number of nitrogens with zero attached hydrogens (tertiary/aromatic N) is 3. The van der Waals surface area contributed by atoms with Gasteiger partial charge in [-0.05, 0) is 42.3 Å². The van der Waals surface area contributed by atoms with Crippen LogP contribution in [0.3, 0.4) is 0 Å². The summed E-state index contributed by atoms with van der Waals surface area (Å²) in [4.78, 5) is 9.08. The Balaban J connectivity index is 1.33. The molecule has 1 atom stereocenters. The lowest BCUT2D eigenvalue weighted by atomic mass is 9.93. The number of aliphatic imine (C=N–C) groups is 1. The number of ether oxygens (including phenoxy) is 1. The van der Waals surface area contributed by atoms with E-state index in [1.54, 1.807) is 0 Å². The number of piperazine rings is 1. The Hall–Kier alpha value is -2.76. The van der Waals surface area contributed by atoms with Gasteiger partial charge in [0.15, 0.2) is 5.96 Å². The quantitative estimate of drug-likeness (QED) is 0.654. The smallest absolute Gasteiger partial charge is 0.193 e. The highest BCUT2D eigenvalue weighted by atomic mass is 19.1. The van der Waals surface area contributed by atoms with E-state index in [4.69, 9.17) is 4.74 Å². The number of halogens is 1. The van der Waals surface area contributed by atoms with Gasteiger partial charge in [-0.25, -0.2) is 4.39 Å². The summed E-state index contributed by atoms with van der Waals surface area (Å²) < 4.78 is 18.9. The van der Waals surface area contributed by atoms with E-state index in [-0.39, 0.29) is 5.82 Å². The molecule has 0 radical (unpaired) electrons. The number of guanidine groups is 1. The highest BCUT2D eigenvalue weighted by Gasteiger charge is 2.23. The molecule has 0 amide bonds. The molecular formula is C22H27FN4O. The zero-order chi connectivity index (χ0) is 19.3. The number of rotatable bonds is 3. The van der Waals surface area contributed by atoms with Crippen LogP contribution >= 0.6 is 0 Å². The maximum Gasteiger partial charge on any atom is 0.193 e. The van der Waals surface area contributed by atoms with Gasteiger partial charge in [0.2, 0.25) is 0 Å². The molecule has 28 heavy (non-hydrogen) atoms. The molecule has 0 bridgehead atoms. The number of anilines is 1. The van der Waals surface area contributed by atoms with Crippen LogP contribution in [0.2, 0.25) is 0 Å². The van der Waals surface area contributed by atoms with Crippen LogP contribution in [0.4, 0.5) is 10.1 Å². The molecule has 2 aliphatic rings. The molecule has 2 aromatic carbocycles. The molecule has 148 valence electrons. The minimum absolute atomic E-state index is 0.193. The SMILES string of the molecule is CN=C(NCC1CCOc2ccccc21)N1CCN(c2ccc(F)cc2)CC1. The van der Waals surface area contributed by atoms with Crippen molar-refractivity contribution in [1.29, 1.82) is 0 Å². The number of para-hydroxylation sites is 1. The molecular weight excluding hydrogens is 355 g/mol. The van der Waals surface area contributed by atoms with Gasteiger partial charge in [-0.2, -0.15) is 0 Å². The van der Waals surface area contributed by atoms with E-state index in [2.05, 4.69) is 32.2 Å². The third-order valence-corrected chi connectivity index (χ3v) is 5.57. The molecule has 4 rings (SSSR count). The predicted molar refractivity (Wildman–Crippen MR) is 111 cm³/mol. The van der Waals surface area contributed by atoms with Gasteiger partial charge in [-0.1, -0.05) is 18.2 Å². The minimum Gasteiger partial charge on any atom is -0.493 e. The molecule has 0 aliphatic carbocycles. The second-order valence-electron chi connectivity index (χ2n) is 7.25. The summed E-state index contributed by atoms with van der Waals surface area (Å²) in [5, 5.41) is 3.56. The van der Waals surface area contributed by atoms with Gasteiger partial charge < -0.3 is 19.9 Å². The Morgan fingerprint density at radius 2 is 1.86 bits per heavy atom. The number of nitrogens with one attached hydrogen (secondary N) is 1. The number of hydrogen-bond acceptors (Lipinski definition) is 3. The molecule has 0 spiro atoms. The lowest BCUT2D eigenvalue weighted by molar-refractivity contribution is 0.266. The largest absolute Gasteiger partial charge is 0.493 e. The van der Waals surface area contributed by atoms with Crippen LogP contribution in [0.15, 0.2) is 53.5 Å². The highest BCUT2D eigenvalue weighted by molar-refractivity contribution is 5.80. The second kappa shape index (κ2) is 8.50. The summed E-state index contributed by atoms with van der Waals surface area (Å²) >= 11 is 0. The molecule has 1 unspecified atom stereocenters. The first-order chi connectivity index (χ1) is 13.7. The first-order valence-corrected chi connectivity index (χ1v) is 9.92. The van der Waals surface area contributed by atoms with E-state index in [9.17, 15) is 4.39 Å². The second-order valence-corrected chi connectivity index (χ2v) is 7.25. The maximum atomic E-state index is 13.1. The predicted octanol–water partition coefficient (Wildman–Crippen LogP) is 3.09. The Morgan fingerprint density at radius 3 is 2.61 bits per heavy atom. The first-order valence-electron chi connectivity index (χ1n) is 9.92. The van der Waals surface area contributed by atoms with E-state index in [0.29, 0.717) is 5.92 Å². The first kappa shape index (κ1) is 18.6. The summed E-state index contributed by atoms with van der Waals surface area (Å²) in [5.74, 6) is 2.19. The lowest BCUT2D eigenvalue weighted by Gasteiger charge is -2.38. The van der Waals surface area contributed by atoms with E-state index in [1.807, 2.05) is 31.3 Å². The average molecular weight is 382 g/mol. The van der Waals surface area contributed by atoms with Crippen LogP contribution in [-0.4, -0.2) is 57.2 Å². The van der Waals surface area contributed by atoms with Crippen molar-refractivity contribution >= 4 is 11.6 Å². The van der Waals surface area contributed by atoms with Crippen molar-refractivity contribution in [2.24, 2.45) is 4.99 Å². The third kappa shape index (κ3) is 4.06. The molecule has 0 aromatic heterocycles. The van der Waals surface area contributed by atoms with E-state index in [1.165, 1.54) is 17.7 Å². The Bertz CT molecular complexity index is 816. The van der Waals surface area contributed by atoms with Crippen molar-refractivity contribution in [3.63, 3.8) is 0 Å². The van der Waals surface area contributed by atoms with Crippen molar-refractivity contribution in [2.45, 2.75) is 12.3 Å². The molecule has 1 saturated heterocycles. The van der Waals surface area contributed by atoms with Crippen LogP contribution in [0.5, 0.6) is 5.75 Å². The third-order valence-electron chi connectivity index (χ3n) is 5.57. The van der Waals surface area contributed by atoms with Crippen molar-refractivity contribution in [3.8, 4) is 5.75 Å². The molecule has 2 heterocycles. The van der Waals surface area contributed by atoms with Gasteiger partial charge in [0.25, 0.3) is 0 Å². The molecule has 1 N–H and O–H groups in total. The fourth-order valence-corrected chi connectivity index (χ4v) is 4.00. The fraction of sp³-hybridized carbons (Fsp3) is 0.409. The summed E-state index contributed by atoms with van der Waals surface area (Å²) in [6.07, 6.45) is 1.01. The molecule has 2 aromatic rings. The molecule has 5 nitrogen and oxygen atoms in total. The maximum absolute atomic E-state index is 13.1. The Labute approximate surface area is 165 Å². The van der Waals surface area contributed by atoms with Crippen LogP contribution in [0.1, 0.15) is 17.9 Å². The van der Waals surface area contributed by atoms with E-state index < -0.39 is 0 Å². The monoisotopic (exact) mass is 382 g/mol. The van der Waals surface area contributed by atoms with Gasteiger partial charge in [0.1, 0.15) is 11.6 Å². The normalized spacial score (nSPS) is 19.8. The van der Waals surface area contributed by atoms with Crippen molar-refractivity contribution in [1.82, 2.24) is 10.2 Å². The van der Waals surface area contributed by atoms with Crippen molar-refractivity contribution in [3.05, 3.63) is 59.9 Å². The van der Waals surface area contributed by atoms with Crippen LogP contribution in [-0.2, 0) is 0 Å². The van der Waals surface area contributed by atoms with Gasteiger partial charge in [-0.3, -0.25) is 4.99 Å². The van der Waals surface area contributed by atoms with Crippen LogP contribution in [0, 0.1) is 5.82 Å². The average Bonchev–Trinajstić information content (AvgIpc) is 2.75. The van der Waals surface area contributed by atoms with E-state index >= 15 is 0 Å². The molecule has 0 saturated carbocycles. The van der Waals surface area contributed by atoms with E-state index in [0.717, 1.165) is 63.1 Å². The van der Waals surface area contributed by atoms with Gasteiger partial charge in [0.05, 0.1) is 6.61 Å². The topological polar surface area (TPSA) is 40.1 Å². The number of fused-ring (bicyclic) bond motifs is 1. The fourth-order valence-electron chi connectivity index (χ4n) is 4.00. The van der Waals surface area contributed by atoms with Crippen molar-refractivity contribution < 1.29 is 9.13 Å². The van der Waals surface area contributed by atoms with Gasteiger partial charge in [0, 0.05) is 51.4 Å². The van der Waals surface area contributed by atoms with Crippen LogP contribution < -0.4 is 15.0 Å². The zero-order valence-electron chi connectivity index (χ0n) is 16.3. The van der Waals surface area contributed by atoms with Crippen molar-refractivity contribution in [2.75, 3.05) is 51.3 Å². The summed E-state index contributed by atoms with van der Waals surface area (Å²) in [6.45, 7) is 5.19. The molecule has 1 fully saturated rings. The molecule has 2 aliphatic heterocycles. The van der Waals surface area contributed by atoms with Gasteiger partial charge in [-0.15, -0.1) is 0 Å². The number of hydrogen-bond donors (Lipinski definition) is 1. The standard InChI is InChI=1S/C22H27FN4O/c1-24-22(25-16-17-10-15-28-21-5-3-2-4-20(17)21)27-13-11-26(12-14-27)19-8-6-18(23)7-9-19/h2-9,17H,10-16H2,1H3,(H,24,25). The zero-order valence-corrected chi connectivity index (χ0v) is 16.3. The van der Waals surface area contributed by atoms with Gasteiger partial charge >= 0.3 is 0 Å². The summed E-state index contributed by atoms with van der Waals surface area (Å²) in [7, 11) is 1.84. The number of benzene rings is 2.